The number of benzene rings is 2. The van der Waals surface area contributed by atoms with Gasteiger partial charge in [-0.2, -0.15) is 5.10 Å². The van der Waals surface area contributed by atoms with Gasteiger partial charge in [-0.15, -0.1) is 0 Å². The van der Waals surface area contributed by atoms with Crippen molar-refractivity contribution in [3.63, 3.8) is 0 Å². The summed E-state index contributed by atoms with van der Waals surface area (Å²) in [5, 5.41) is 14.2. The zero-order valence-corrected chi connectivity index (χ0v) is 11.3. The Bertz CT molecular complexity index is 684. The van der Waals surface area contributed by atoms with Gasteiger partial charge < -0.3 is 9.84 Å². The van der Waals surface area contributed by atoms with Gasteiger partial charge in [-0.05, 0) is 17.7 Å². The zero-order chi connectivity index (χ0) is 14.5. The van der Waals surface area contributed by atoms with Crippen molar-refractivity contribution in [1.82, 2.24) is 14.8 Å². The van der Waals surface area contributed by atoms with E-state index < -0.39 is 6.10 Å². The number of hydrogen-bond donors (Lipinski definition) is 1. The first-order chi connectivity index (χ1) is 10.3. The van der Waals surface area contributed by atoms with Crippen LogP contribution in [0.4, 0.5) is 0 Å². The highest BCUT2D eigenvalue weighted by molar-refractivity contribution is 5.45. The van der Waals surface area contributed by atoms with E-state index in [1.807, 2.05) is 54.6 Å². The van der Waals surface area contributed by atoms with Crippen molar-refractivity contribution in [2.45, 2.75) is 6.10 Å². The maximum Gasteiger partial charge on any atom is 0.145 e. The third kappa shape index (κ3) is 3.09. The molecule has 0 saturated heterocycles. The quantitative estimate of drug-likeness (QED) is 0.780. The molecule has 0 radical (unpaired) electrons. The van der Waals surface area contributed by atoms with Crippen molar-refractivity contribution in [3.05, 3.63) is 72.8 Å². The number of aliphatic hydroxyl groups excluding tert-OH is 1. The molecule has 0 aliphatic heterocycles. The van der Waals surface area contributed by atoms with E-state index >= 15 is 0 Å². The molecule has 0 aliphatic rings. The number of para-hydroxylation sites is 2. The second-order valence-corrected chi connectivity index (χ2v) is 4.55. The van der Waals surface area contributed by atoms with Crippen LogP contribution in [0, 0.1) is 0 Å². The van der Waals surface area contributed by atoms with Crippen molar-refractivity contribution in [1.29, 1.82) is 0 Å². The molecule has 0 aliphatic carbocycles. The smallest absolute Gasteiger partial charge is 0.145 e. The fourth-order valence-electron chi connectivity index (χ4n) is 2.04. The van der Waals surface area contributed by atoms with Crippen molar-refractivity contribution >= 4 is 0 Å². The third-order valence-electron chi connectivity index (χ3n) is 3.11. The monoisotopic (exact) mass is 281 g/mol. The number of rotatable bonds is 5. The molecule has 1 atom stereocenters. The van der Waals surface area contributed by atoms with Gasteiger partial charge in [0.15, 0.2) is 0 Å². The second-order valence-electron chi connectivity index (χ2n) is 4.55. The van der Waals surface area contributed by atoms with Crippen LogP contribution in [0.2, 0.25) is 0 Å². The molecule has 0 saturated carbocycles. The van der Waals surface area contributed by atoms with Gasteiger partial charge in [0.05, 0.1) is 0 Å². The minimum absolute atomic E-state index is 0.176. The van der Waals surface area contributed by atoms with Crippen LogP contribution in [0.25, 0.3) is 5.69 Å². The maximum atomic E-state index is 10.1. The van der Waals surface area contributed by atoms with Crippen LogP contribution in [0.1, 0.15) is 11.7 Å². The Morgan fingerprint density at radius 1 is 1.05 bits per heavy atom. The average Bonchev–Trinajstić information content (AvgIpc) is 3.08. The van der Waals surface area contributed by atoms with Gasteiger partial charge >= 0.3 is 0 Å². The molecule has 21 heavy (non-hydrogen) atoms. The van der Waals surface area contributed by atoms with Gasteiger partial charge in [-0.3, -0.25) is 0 Å². The minimum Gasteiger partial charge on any atom is -0.488 e. The van der Waals surface area contributed by atoms with Crippen molar-refractivity contribution in [3.8, 4) is 11.4 Å². The molecule has 0 unspecified atom stereocenters. The summed E-state index contributed by atoms with van der Waals surface area (Å²) < 4.78 is 7.37. The molecule has 5 heteroatoms. The summed E-state index contributed by atoms with van der Waals surface area (Å²) in [4.78, 5) is 3.93. The molecule has 0 spiro atoms. The van der Waals surface area contributed by atoms with Gasteiger partial charge in [0.2, 0.25) is 0 Å². The molecule has 1 aromatic heterocycles. The van der Waals surface area contributed by atoms with Crippen LogP contribution < -0.4 is 4.74 Å². The zero-order valence-electron chi connectivity index (χ0n) is 11.3. The highest BCUT2D eigenvalue weighted by Gasteiger charge is 2.10. The third-order valence-corrected chi connectivity index (χ3v) is 3.11. The number of ether oxygens (including phenoxy) is 1. The van der Waals surface area contributed by atoms with E-state index in [-0.39, 0.29) is 6.61 Å². The Hall–Kier alpha value is -2.66. The van der Waals surface area contributed by atoms with Gasteiger partial charge in [-0.1, -0.05) is 42.5 Å². The molecule has 5 nitrogen and oxygen atoms in total. The Morgan fingerprint density at radius 2 is 1.81 bits per heavy atom. The lowest BCUT2D eigenvalue weighted by atomic mass is 10.1. The summed E-state index contributed by atoms with van der Waals surface area (Å²) in [6.45, 7) is 0.176. The van der Waals surface area contributed by atoms with Gasteiger partial charge in [0.1, 0.15) is 36.8 Å². The van der Waals surface area contributed by atoms with Crippen LogP contribution in [-0.2, 0) is 0 Å². The predicted molar refractivity (Wildman–Crippen MR) is 78.3 cm³/mol. The van der Waals surface area contributed by atoms with E-state index in [0.717, 1.165) is 11.3 Å². The normalized spacial score (nSPS) is 12.0. The van der Waals surface area contributed by atoms with Crippen molar-refractivity contribution in [2.75, 3.05) is 6.61 Å². The summed E-state index contributed by atoms with van der Waals surface area (Å²) in [7, 11) is 0. The van der Waals surface area contributed by atoms with E-state index in [4.69, 9.17) is 4.74 Å². The molecule has 0 bridgehead atoms. The Kier molecular flexibility index (Phi) is 3.93. The number of aromatic nitrogens is 3. The highest BCUT2D eigenvalue weighted by Crippen LogP contribution is 2.23. The lowest BCUT2D eigenvalue weighted by Crippen LogP contribution is -2.11. The van der Waals surface area contributed by atoms with Gasteiger partial charge in [0.25, 0.3) is 0 Å². The molecular formula is C16H15N3O2. The fourth-order valence-corrected chi connectivity index (χ4v) is 2.04. The van der Waals surface area contributed by atoms with Crippen LogP contribution >= 0.6 is 0 Å². The van der Waals surface area contributed by atoms with Crippen LogP contribution in [0.15, 0.2) is 67.3 Å². The fraction of sp³-hybridized carbons (Fsp3) is 0.125. The topological polar surface area (TPSA) is 60.2 Å². The number of hydrogen-bond acceptors (Lipinski definition) is 4. The molecular weight excluding hydrogens is 266 g/mol. The summed E-state index contributed by atoms with van der Waals surface area (Å²) >= 11 is 0. The molecule has 1 heterocycles. The maximum absolute atomic E-state index is 10.1. The van der Waals surface area contributed by atoms with Gasteiger partial charge in [0, 0.05) is 0 Å². The summed E-state index contributed by atoms with van der Waals surface area (Å²) in [6, 6.07) is 16.9. The summed E-state index contributed by atoms with van der Waals surface area (Å²) in [6.07, 6.45) is 2.40. The van der Waals surface area contributed by atoms with E-state index in [9.17, 15) is 5.11 Å². The van der Waals surface area contributed by atoms with Crippen LogP contribution in [-0.4, -0.2) is 26.5 Å². The first kappa shape index (κ1) is 13.3. The van der Waals surface area contributed by atoms with Gasteiger partial charge in [-0.25, -0.2) is 9.67 Å². The largest absolute Gasteiger partial charge is 0.488 e. The van der Waals surface area contributed by atoms with E-state index in [1.54, 1.807) is 11.0 Å². The average molecular weight is 281 g/mol. The molecule has 0 fully saturated rings. The van der Waals surface area contributed by atoms with Crippen LogP contribution in [0.5, 0.6) is 5.75 Å². The Morgan fingerprint density at radius 3 is 2.57 bits per heavy atom. The summed E-state index contributed by atoms with van der Waals surface area (Å²) in [5.74, 6) is 0.651. The first-order valence-corrected chi connectivity index (χ1v) is 6.64. The number of aliphatic hydroxyl groups is 1. The van der Waals surface area contributed by atoms with Crippen molar-refractivity contribution in [2.24, 2.45) is 0 Å². The molecule has 3 rings (SSSR count). The highest BCUT2D eigenvalue weighted by atomic mass is 16.5. The number of nitrogens with zero attached hydrogens (tertiary/aromatic N) is 3. The minimum atomic E-state index is -0.671. The second kappa shape index (κ2) is 6.19. The Labute approximate surface area is 122 Å². The van der Waals surface area contributed by atoms with E-state index in [1.165, 1.54) is 6.33 Å². The van der Waals surface area contributed by atoms with Crippen LogP contribution in [0.3, 0.4) is 0 Å². The SMILES string of the molecule is O[C@H](COc1ccccc1-n1cncn1)c1ccccc1. The predicted octanol–water partition coefficient (Wildman–Crippen LogP) is 2.38. The lowest BCUT2D eigenvalue weighted by molar-refractivity contribution is 0.108. The molecule has 3 aromatic rings. The molecule has 106 valence electrons. The van der Waals surface area contributed by atoms with Crippen molar-refractivity contribution < 1.29 is 9.84 Å². The molecule has 0 amide bonds. The first-order valence-electron chi connectivity index (χ1n) is 6.64. The lowest BCUT2D eigenvalue weighted by Gasteiger charge is -2.15. The Balaban J connectivity index is 1.74. The van der Waals surface area contributed by atoms with E-state index in [0.29, 0.717) is 5.75 Å². The van der Waals surface area contributed by atoms with E-state index in [2.05, 4.69) is 10.1 Å². The molecule has 2 aromatic carbocycles. The molecule has 1 N–H and O–H groups in total. The summed E-state index contributed by atoms with van der Waals surface area (Å²) in [5.41, 5.74) is 1.62. The standard InChI is InChI=1S/C16H15N3O2/c20-15(13-6-2-1-3-7-13)10-21-16-9-5-4-8-14(16)19-12-17-11-18-19/h1-9,11-12,15,20H,10H2/t15-/m1/s1.